The molecule has 1 aromatic heterocycles. The highest BCUT2D eigenvalue weighted by molar-refractivity contribution is 5.94. The second-order valence-corrected chi connectivity index (χ2v) is 5.94. The van der Waals surface area contributed by atoms with Gasteiger partial charge in [0.25, 0.3) is 0 Å². The third-order valence-corrected chi connectivity index (χ3v) is 4.28. The maximum atomic E-state index is 12.4. The van der Waals surface area contributed by atoms with Crippen LogP contribution in [0.2, 0.25) is 0 Å². The largest absolute Gasteiger partial charge is 0.332 e. The van der Waals surface area contributed by atoms with Crippen molar-refractivity contribution >= 4 is 11.8 Å². The van der Waals surface area contributed by atoms with E-state index in [9.17, 15) is 9.59 Å². The van der Waals surface area contributed by atoms with E-state index in [0.717, 1.165) is 12.2 Å². The molecule has 0 radical (unpaired) electrons. The van der Waals surface area contributed by atoms with E-state index in [1.54, 1.807) is 16.0 Å². The molecule has 1 atom stereocenters. The molecule has 2 heterocycles. The van der Waals surface area contributed by atoms with Gasteiger partial charge in [-0.1, -0.05) is 6.92 Å². The zero-order chi connectivity index (χ0) is 15.0. The van der Waals surface area contributed by atoms with Crippen LogP contribution in [0.15, 0.2) is 12.4 Å². The summed E-state index contributed by atoms with van der Waals surface area (Å²) in [5.74, 6) is 0.941. The SMILES string of the molecule is CCCN1CC(=O)N(Cc2nccn2C2CC2)[C@@H](C)C1=O. The maximum Gasteiger partial charge on any atom is 0.245 e. The van der Waals surface area contributed by atoms with Crippen molar-refractivity contribution in [2.24, 2.45) is 0 Å². The van der Waals surface area contributed by atoms with Gasteiger partial charge in [0.2, 0.25) is 11.8 Å². The van der Waals surface area contributed by atoms with Gasteiger partial charge in [0.1, 0.15) is 11.9 Å². The fourth-order valence-electron chi connectivity index (χ4n) is 2.93. The zero-order valence-electron chi connectivity index (χ0n) is 12.7. The van der Waals surface area contributed by atoms with Crippen LogP contribution in [0.1, 0.15) is 45.0 Å². The Kier molecular flexibility index (Phi) is 3.69. The van der Waals surface area contributed by atoms with Gasteiger partial charge in [0.05, 0.1) is 13.1 Å². The minimum Gasteiger partial charge on any atom is -0.332 e. The van der Waals surface area contributed by atoms with Crippen LogP contribution in [0.3, 0.4) is 0 Å². The first-order valence-electron chi connectivity index (χ1n) is 7.71. The smallest absolute Gasteiger partial charge is 0.245 e. The molecule has 0 N–H and O–H groups in total. The van der Waals surface area contributed by atoms with E-state index in [1.807, 2.05) is 20.0 Å². The number of imidazole rings is 1. The normalized spacial score (nSPS) is 23.0. The van der Waals surface area contributed by atoms with Crippen molar-refractivity contribution in [2.75, 3.05) is 13.1 Å². The lowest BCUT2D eigenvalue weighted by Crippen LogP contribution is -2.58. The van der Waals surface area contributed by atoms with Crippen LogP contribution < -0.4 is 0 Å². The number of amides is 2. The number of nitrogens with zero attached hydrogens (tertiary/aromatic N) is 4. The van der Waals surface area contributed by atoms with Crippen LogP contribution in [-0.2, 0) is 16.1 Å². The summed E-state index contributed by atoms with van der Waals surface area (Å²) in [6, 6.07) is 0.132. The number of hydrogen-bond acceptors (Lipinski definition) is 3. The highest BCUT2D eigenvalue weighted by atomic mass is 16.2. The highest BCUT2D eigenvalue weighted by Crippen LogP contribution is 2.35. The third-order valence-electron chi connectivity index (χ3n) is 4.28. The quantitative estimate of drug-likeness (QED) is 0.818. The Morgan fingerprint density at radius 1 is 1.33 bits per heavy atom. The molecule has 2 aliphatic rings. The van der Waals surface area contributed by atoms with Crippen molar-refractivity contribution in [3.05, 3.63) is 18.2 Å². The van der Waals surface area contributed by atoms with Gasteiger partial charge < -0.3 is 14.4 Å². The average molecular weight is 290 g/mol. The van der Waals surface area contributed by atoms with Gasteiger partial charge in [-0.05, 0) is 26.2 Å². The minimum absolute atomic E-state index is 0.0147. The molecule has 1 aliphatic heterocycles. The lowest BCUT2D eigenvalue weighted by atomic mass is 10.1. The number of piperazine rings is 1. The van der Waals surface area contributed by atoms with Crippen molar-refractivity contribution in [1.82, 2.24) is 19.4 Å². The summed E-state index contributed by atoms with van der Waals surface area (Å²) in [5.41, 5.74) is 0. The molecule has 2 amide bonds. The molecule has 3 rings (SSSR count). The molecule has 114 valence electrons. The predicted molar refractivity (Wildman–Crippen MR) is 77.4 cm³/mol. The van der Waals surface area contributed by atoms with Crippen molar-refractivity contribution in [3.63, 3.8) is 0 Å². The lowest BCUT2D eigenvalue weighted by Gasteiger charge is -2.38. The molecule has 6 heteroatoms. The Morgan fingerprint density at radius 3 is 2.76 bits per heavy atom. The maximum absolute atomic E-state index is 12.4. The fraction of sp³-hybridized carbons (Fsp3) is 0.667. The van der Waals surface area contributed by atoms with Crippen molar-refractivity contribution < 1.29 is 9.59 Å². The summed E-state index contributed by atoms with van der Waals surface area (Å²) in [4.78, 5) is 32.4. The first-order valence-corrected chi connectivity index (χ1v) is 7.71. The molecular weight excluding hydrogens is 268 g/mol. The van der Waals surface area contributed by atoms with E-state index in [4.69, 9.17) is 0 Å². The third kappa shape index (κ3) is 2.66. The Hall–Kier alpha value is -1.85. The molecule has 1 aromatic rings. The van der Waals surface area contributed by atoms with Crippen LogP contribution in [-0.4, -0.2) is 50.3 Å². The first kappa shape index (κ1) is 14.1. The number of hydrogen-bond donors (Lipinski definition) is 0. The topological polar surface area (TPSA) is 58.4 Å². The van der Waals surface area contributed by atoms with Crippen LogP contribution in [0.5, 0.6) is 0 Å². The molecule has 6 nitrogen and oxygen atoms in total. The molecular formula is C15H22N4O2. The lowest BCUT2D eigenvalue weighted by molar-refractivity contribution is -0.155. The van der Waals surface area contributed by atoms with Crippen molar-refractivity contribution in [3.8, 4) is 0 Å². The summed E-state index contributed by atoms with van der Waals surface area (Å²) >= 11 is 0. The second-order valence-electron chi connectivity index (χ2n) is 5.94. The van der Waals surface area contributed by atoms with Gasteiger partial charge in [-0.2, -0.15) is 0 Å². The van der Waals surface area contributed by atoms with Crippen LogP contribution in [0.4, 0.5) is 0 Å². The first-order chi connectivity index (χ1) is 10.1. The monoisotopic (exact) mass is 290 g/mol. The number of rotatable bonds is 5. The number of aromatic nitrogens is 2. The average Bonchev–Trinajstić information content (AvgIpc) is 3.20. The molecule has 1 saturated carbocycles. The molecule has 1 aliphatic carbocycles. The predicted octanol–water partition coefficient (Wildman–Crippen LogP) is 1.19. The molecule has 2 fully saturated rings. The molecule has 21 heavy (non-hydrogen) atoms. The highest BCUT2D eigenvalue weighted by Gasteiger charge is 2.37. The summed E-state index contributed by atoms with van der Waals surface area (Å²) < 4.78 is 2.14. The van der Waals surface area contributed by atoms with Crippen molar-refractivity contribution in [2.45, 2.75) is 51.7 Å². The van der Waals surface area contributed by atoms with E-state index in [1.165, 1.54) is 12.8 Å². The zero-order valence-corrected chi connectivity index (χ0v) is 12.7. The summed E-state index contributed by atoms with van der Waals surface area (Å²) in [6.45, 7) is 5.10. The number of carbonyl (C=O) groups is 2. The van der Waals surface area contributed by atoms with E-state index < -0.39 is 6.04 Å². The standard InChI is InChI=1S/C15H22N4O2/c1-3-7-17-10-14(20)19(11(2)15(17)21)9-13-16-6-8-18(13)12-4-5-12/h6,8,11-12H,3-5,7,9-10H2,1-2H3/t11-/m0/s1. The van der Waals surface area contributed by atoms with Crippen LogP contribution in [0.25, 0.3) is 0 Å². The van der Waals surface area contributed by atoms with Gasteiger partial charge in [-0.25, -0.2) is 4.98 Å². The van der Waals surface area contributed by atoms with Crippen molar-refractivity contribution in [1.29, 1.82) is 0 Å². The molecule has 0 unspecified atom stereocenters. The molecule has 0 bridgehead atoms. The Balaban J connectivity index is 1.74. The van der Waals surface area contributed by atoms with E-state index in [-0.39, 0.29) is 18.4 Å². The molecule has 1 saturated heterocycles. The summed E-state index contributed by atoms with van der Waals surface area (Å²) in [5, 5.41) is 0. The van der Waals surface area contributed by atoms with Gasteiger partial charge in [-0.15, -0.1) is 0 Å². The van der Waals surface area contributed by atoms with Gasteiger partial charge in [0.15, 0.2) is 0 Å². The van der Waals surface area contributed by atoms with E-state index in [2.05, 4.69) is 9.55 Å². The van der Waals surface area contributed by atoms with E-state index in [0.29, 0.717) is 19.1 Å². The van der Waals surface area contributed by atoms with Crippen LogP contribution >= 0.6 is 0 Å². The van der Waals surface area contributed by atoms with E-state index >= 15 is 0 Å². The summed E-state index contributed by atoms with van der Waals surface area (Å²) in [7, 11) is 0. The Bertz CT molecular complexity index is 550. The number of carbonyl (C=O) groups excluding carboxylic acids is 2. The Morgan fingerprint density at radius 2 is 2.10 bits per heavy atom. The van der Waals surface area contributed by atoms with Gasteiger partial charge in [-0.3, -0.25) is 9.59 Å². The minimum atomic E-state index is -0.401. The Labute approximate surface area is 124 Å². The van der Waals surface area contributed by atoms with Gasteiger partial charge in [0, 0.05) is 25.0 Å². The summed E-state index contributed by atoms with van der Waals surface area (Å²) in [6.07, 6.45) is 6.97. The second kappa shape index (κ2) is 5.50. The van der Waals surface area contributed by atoms with Crippen LogP contribution in [0, 0.1) is 0 Å². The molecule has 0 aromatic carbocycles. The fourth-order valence-corrected chi connectivity index (χ4v) is 2.93. The van der Waals surface area contributed by atoms with Gasteiger partial charge >= 0.3 is 0 Å². The molecule has 0 spiro atoms.